The molecule has 0 saturated carbocycles. The van der Waals surface area contributed by atoms with Gasteiger partial charge in [0, 0.05) is 10.6 Å². The molecule has 1 aromatic heterocycles. The number of rotatable bonds is 2. The van der Waals surface area contributed by atoms with Gasteiger partial charge in [0.15, 0.2) is 5.82 Å². The average molecular weight is 298 g/mol. The third-order valence-electron chi connectivity index (χ3n) is 3.56. The largest absolute Gasteiger partial charge is 0.382 e. The first-order chi connectivity index (χ1) is 10.1. The number of aryl methyl sites for hydroxylation is 2. The number of nitrogen functional groups attached to an aromatic ring is 1. The Bertz CT molecular complexity index is 806. The van der Waals surface area contributed by atoms with Crippen molar-refractivity contribution in [1.82, 2.24) is 10.2 Å². The van der Waals surface area contributed by atoms with E-state index in [0.29, 0.717) is 5.82 Å². The Morgan fingerprint density at radius 1 is 1.05 bits per heavy atom. The van der Waals surface area contributed by atoms with E-state index in [1.165, 1.54) is 5.56 Å². The second-order valence-corrected chi connectivity index (χ2v) is 5.60. The molecule has 3 aromatic rings. The Morgan fingerprint density at radius 3 is 2.57 bits per heavy atom. The predicted octanol–water partition coefficient (Wildman–Crippen LogP) is 4.60. The van der Waals surface area contributed by atoms with Crippen LogP contribution in [0.25, 0.3) is 22.4 Å². The quantitative estimate of drug-likeness (QED) is 0.726. The van der Waals surface area contributed by atoms with Gasteiger partial charge in [0.25, 0.3) is 0 Å². The maximum Gasteiger partial charge on any atom is 0.153 e. The fourth-order valence-electron chi connectivity index (χ4n) is 2.41. The molecule has 0 atom stereocenters. The van der Waals surface area contributed by atoms with Crippen molar-refractivity contribution < 1.29 is 0 Å². The minimum atomic E-state index is 0.493. The van der Waals surface area contributed by atoms with Crippen molar-refractivity contribution in [2.45, 2.75) is 13.8 Å². The fourth-order valence-corrected chi connectivity index (χ4v) is 2.59. The molecule has 0 spiro atoms. The van der Waals surface area contributed by atoms with Crippen LogP contribution in [0.15, 0.2) is 42.5 Å². The maximum atomic E-state index is 6.23. The number of hydrogen-bond acceptors (Lipinski definition) is 2. The Balaban J connectivity index is 2.19. The molecule has 0 radical (unpaired) electrons. The van der Waals surface area contributed by atoms with Gasteiger partial charge in [-0.15, -0.1) is 0 Å². The van der Waals surface area contributed by atoms with E-state index in [2.05, 4.69) is 29.3 Å². The molecule has 2 aromatic carbocycles. The highest BCUT2D eigenvalue weighted by molar-refractivity contribution is 6.31. The topological polar surface area (TPSA) is 54.7 Å². The van der Waals surface area contributed by atoms with Crippen LogP contribution in [0.2, 0.25) is 5.02 Å². The summed E-state index contributed by atoms with van der Waals surface area (Å²) in [5.74, 6) is 0.493. The summed E-state index contributed by atoms with van der Waals surface area (Å²) in [7, 11) is 0. The lowest BCUT2D eigenvalue weighted by Crippen LogP contribution is -1.89. The highest BCUT2D eigenvalue weighted by atomic mass is 35.5. The number of anilines is 1. The Kier molecular flexibility index (Phi) is 3.43. The van der Waals surface area contributed by atoms with Gasteiger partial charge in [0.05, 0.1) is 11.3 Å². The lowest BCUT2D eigenvalue weighted by atomic mass is 9.99. The van der Waals surface area contributed by atoms with Crippen molar-refractivity contribution >= 4 is 17.4 Å². The van der Waals surface area contributed by atoms with Crippen LogP contribution in [0.3, 0.4) is 0 Å². The second kappa shape index (κ2) is 5.26. The van der Waals surface area contributed by atoms with E-state index in [9.17, 15) is 0 Å². The van der Waals surface area contributed by atoms with Gasteiger partial charge in [-0.05, 0) is 31.0 Å². The first-order valence-electron chi connectivity index (χ1n) is 6.73. The molecule has 0 aliphatic carbocycles. The highest BCUT2D eigenvalue weighted by Crippen LogP contribution is 2.36. The smallest absolute Gasteiger partial charge is 0.153 e. The van der Waals surface area contributed by atoms with Crippen LogP contribution in [-0.2, 0) is 0 Å². The van der Waals surface area contributed by atoms with E-state index in [0.717, 1.165) is 33.0 Å². The third kappa shape index (κ3) is 2.52. The first-order valence-corrected chi connectivity index (χ1v) is 7.11. The van der Waals surface area contributed by atoms with Crippen molar-refractivity contribution in [3.8, 4) is 22.4 Å². The van der Waals surface area contributed by atoms with Gasteiger partial charge in [-0.25, -0.2) is 0 Å². The van der Waals surface area contributed by atoms with Gasteiger partial charge >= 0.3 is 0 Å². The molecule has 0 fully saturated rings. The van der Waals surface area contributed by atoms with Crippen molar-refractivity contribution in [2.75, 3.05) is 5.73 Å². The summed E-state index contributed by atoms with van der Waals surface area (Å²) >= 11 is 6.23. The molecule has 21 heavy (non-hydrogen) atoms. The lowest BCUT2D eigenvalue weighted by molar-refractivity contribution is 1.10. The number of halogens is 1. The molecule has 4 heteroatoms. The van der Waals surface area contributed by atoms with Gasteiger partial charge in [-0.3, -0.25) is 5.10 Å². The zero-order chi connectivity index (χ0) is 15.0. The van der Waals surface area contributed by atoms with E-state index in [-0.39, 0.29) is 0 Å². The van der Waals surface area contributed by atoms with Crippen LogP contribution in [0.4, 0.5) is 5.82 Å². The Labute approximate surface area is 128 Å². The van der Waals surface area contributed by atoms with Crippen LogP contribution in [-0.4, -0.2) is 10.2 Å². The number of nitrogens with zero attached hydrogens (tertiary/aromatic N) is 1. The normalized spacial score (nSPS) is 10.8. The van der Waals surface area contributed by atoms with E-state index >= 15 is 0 Å². The standard InChI is InChI=1S/C17H16ClN3/c1-10-4-3-5-12(8-10)15-16(20-21-17(15)19)13-7-6-11(2)14(18)9-13/h3-9H,1-2H3,(H3,19,20,21). The summed E-state index contributed by atoms with van der Waals surface area (Å²) < 4.78 is 0. The lowest BCUT2D eigenvalue weighted by Gasteiger charge is -2.07. The van der Waals surface area contributed by atoms with E-state index in [4.69, 9.17) is 17.3 Å². The number of nitrogens with one attached hydrogen (secondary N) is 1. The third-order valence-corrected chi connectivity index (χ3v) is 3.97. The number of aromatic nitrogens is 2. The number of hydrogen-bond donors (Lipinski definition) is 2. The predicted molar refractivity (Wildman–Crippen MR) is 88.4 cm³/mol. The number of nitrogens with two attached hydrogens (primary N) is 1. The van der Waals surface area contributed by atoms with Crippen LogP contribution < -0.4 is 5.73 Å². The average Bonchev–Trinajstić information content (AvgIpc) is 2.84. The second-order valence-electron chi connectivity index (χ2n) is 5.19. The fraction of sp³-hybridized carbons (Fsp3) is 0.118. The molecule has 0 aliphatic rings. The summed E-state index contributed by atoms with van der Waals surface area (Å²) in [5, 5.41) is 7.91. The molecule has 0 saturated heterocycles. The summed E-state index contributed by atoms with van der Waals surface area (Å²) in [6, 6.07) is 14.2. The molecule has 0 unspecified atom stereocenters. The summed E-state index contributed by atoms with van der Waals surface area (Å²) in [6.07, 6.45) is 0. The van der Waals surface area contributed by atoms with Crippen LogP contribution in [0, 0.1) is 13.8 Å². The Morgan fingerprint density at radius 2 is 1.86 bits per heavy atom. The molecule has 1 heterocycles. The Hall–Kier alpha value is -2.26. The van der Waals surface area contributed by atoms with Gasteiger partial charge < -0.3 is 5.73 Å². The minimum Gasteiger partial charge on any atom is -0.382 e. The summed E-state index contributed by atoms with van der Waals surface area (Å²) in [4.78, 5) is 0. The van der Waals surface area contributed by atoms with Crippen molar-refractivity contribution in [2.24, 2.45) is 0 Å². The van der Waals surface area contributed by atoms with Gasteiger partial charge in [0.2, 0.25) is 0 Å². The first kappa shape index (κ1) is 13.7. The molecule has 0 aliphatic heterocycles. The summed E-state index contributed by atoms with van der Waals surface area (Å²) in [6.45, 7) is 4.04. The summed E-state index contributed by atoms with van der Waals surface area (Å²) in [5.41, 5.74) is 12.1. The molecular weight excluding hydrogens is 282 g/mol. The van der Waals surface area contributed by atoms with E-state index < -0.39 is 0 Å². The number of H-pyrrole nitrogens is 1. The highest BCUT2D eigenvalue weighted by Gasteiger charge is 2.15. The van der Waals surface area contributed by atoms with Crippen molar-refractivity contribution in [1.29, 1.82) is 0 Å². The zero-order valence-electron chi connectivity index (χ0n) is 11.9. The monoisotopic (exact) mass is 297 g/mol. The van der Waals surface area contributed by atoms with Crippen molar-refractivity contribution in [3.05, 3.63) is 58.6 Å². The van der Waals surface area contributed by atoms with Gasteiger partial charge in [0.1, 0.15) is 0 Å². The van der Waals surface area contributed by atoms with Crippen LogP contribution in [0.1, 0.15) is 11.1 Å². The molecule has 0 amide bonds. The van der Waals surface area contributed by atoms with Gasteiger partial charge in [-0.1, -0.05) is 53.6 Å². The number of aromatic amines is 1. The molecule has 3 rings (SSSR count). The number of benzene rings is 2. The zero-order valence-corrected chi connectivity index (χ0v) is 12.7. The molecule has 0 bridgehead atoms. The SMILES string of the molecule is Cc1cccc(-c2c(N)n[nH]c2-c2ccc(C)c(Cl)c2)c1. The van der Waals surface area contributed by atoms with Gasteiger partial charge in [-0.2, -0.15) is 5.10 Å². The van der Waals surface area contributed by atoms with Crippen molar-refractivity contribution in [3.63, 3.8) is 0 Å². The molecular formula is C17H16ClN3. The molecule has 106 valence electrons. The van der Waals surface area contributed by atoms with E-state index in [1.807, 2.05) is 37.3 Å². The minimum absolute atomic E-state index is 0.493. The van der Waals surface area contributed by atoms with Crippen LogP contribution >= 0.6 is 11.6 Å². The van der Waals surface area contributed by atoms with Crippen LogP contribution in [0.5, 0.6) is 0 Å². The molecule has 3 nitrogen and oxygen atoms in total. The maximum absolute atomic E-state index is 6.23. The van der Waals surface area contributed by atoms with E-state index in [1.54, 1.807) is 0 Å². The molecule has 3 N–H and O–H groups in total.